The Balaban J connectivity index is 0.00000162. The van der Waals surface area contributed by atoms with E-state index in [2.05, 4.69) is 4.98 Å². The van der Waals surface area contributed by atoms with Gasteiger partial charge in [0.15, 0.2) is 5.76 Å². The van der Waals surface area contributed by atoms with E-state index in [4.69, 9.17) is 4.42 Å². The lowest BCUT2D eigenvalue weighted by Crippen LogP contribution is -2.28. The second kappa shape index (κ2) is 6.81. The zero-order valence-electron chi connectivity index (χ0n) is 10.1. The molecule has 0 aliphatic rings. The van der Waals surface area contributed by atoms with Crippen molar-refractivity contribution in [3.05, 3.63) is 54.2 Å². The lowest BCUT2D eigenvalue weighted by molar-refractivity contribution is 0.0765. The molecule has 0 atom stereocenters. The van der Waals surface area contributed by atoms with E-state index in [0.29, 0.717) is 12.3 Å². The van der Waals surface area contributed by atoms with E-state index < -0.39 is 0 Å². The van der Waals surface area contributed by atoms with Crippen LogP contribution in [-0.4, -0.2) is 29.4 Å². The van der Waals surface area contributed by atoms with Gasteiger partial charge in [0.2, 0.25) is 0 Å². The van der Waals surface area contributed by atoms with Gasteiger partial charge in [0.1, 0.15) is 0 Å². The highest BCUT2D eigenvalue weighted by Gasteiger charge is 2.13. The molecule has 0 fully saturated rings. The molecule has 2 heterocycles. The number of pyridine rings is 1. The van der Waals surface area contributed by atoms with Crippen LogP contribution in [0.15, 0.2) is 47.2 Å². The van der Waals surface area contributed by atoms with Gasteiger partial charge < -0.3 is 9.32 Å². The Bertz CT molecular complexity index is 471. The quantitative estimate of drug-likeness (QED) is 0.854. The highest BCUT2D eigenvalue weighted by Crippen LogP contribution is 2.05. The monoisotopic (exact) mass is 266 g/mol. The molecule has 4 nitrogen and oxygen atoms in total. The summed E-state index contributed by atoms with van der Waals surface area (Å²) in [5.41, 5.74) is 0.978. The molecule has 0 radical (unpaired) electrons. The van der Waals surface area contributed by atoms with E-state index in [0.717, 1.165) is 12.1 Å². The van der Waals surface area contributed by atoms with Crippen molar-refractivity contribution in [2.24, 2.45) is 0 Å². The zero-order valence-corrected chi connectivity index (χ0v) is 10.9. The molecule has 2 rings (SSSR count). The van der Waals surface area contributed by atoms with Gasteiger partial charge in [-0.1, -0.05) is 6.07 Å². The van der Waals surface area contributed by atoms with Gasteiger partial charge in [-0.3, -0.25) is 9.78 Å². The highest BCUT2D eigenvalue weighted by atomic mass is 35.5. The second-order valence-electron chi connectivity index (χ2n) is 3.78. The number of furan rings is 1. The minimum Gasteiger partial charge on any atom is -0.459 e. The number of hydrogen-bond donors (Lipinski definition) is 0. The molecule has 0 aliphatic carbocycles. The van der Waals surface area contributed by atoms with E-state index >= 15 is 0 Å². The fraction of sp³-hybridized carbons (Fsp3) is 0.231. The first-order valence-electron chi connectivity index (χ1n) is 5.46. The van der Waals surface area contributed by atoms with Crippen molar-refractivity contribution in [2.75, 3.05) is 13.6 Å². The lowest BCUT2D eigenvalue weighted by Gasteiger charge is -2.15. The Morgan fingerprint density at radius 1 is 1.33 bits per heavy atom. The third-order valence-corrected chi connectivity index (χ3v) is 2.51. The molecule has 0 saturated heterocycles. The number of nitrogens with zero attached hydrogens (tertiary/aromatic N) is 2. The van der Waals surface area contributed by atoms with Crippen LogP contribution >= 0.6 is 12.4 Å². The van der Waals surface area contributed by atoms with Gasteiger partial charge in [-0.15, -0.1) is 12.4 Å². The summed E-state index contributed by atoms with van der Waals surface area (Å²) >= 11 is 0. The van der Waals surface area contributed by atoms with Crippen molar-refractivity contribution >= 4 is 18.3 Å². The van der Waals surface area contributed by atoms with E-state index in [1.54, 1.807) is 30.3 Å². The van der Waals surface area contributed by atoms with Crippen LogP contribution < -0.4 is 0 Å². The maximum absolute atomic E-state index is 11.8. The molecule has 0 N–H and O–H groups in total. The Morgan fingerprint density at radius 3 is 2.78 bits per heavy atom. The average Bonchev–Trinajstić information content (AvgIpc) is 2.90. The van der Waals surface area contributed by atoms with E-state index in [-0.39, 0.29) is 18.3 Å². The molecule has 0 saturated carbocycles. The molecule has 0 bridgehead atoms. The van der Waals surface area contributed by atoms with Crippen molar-refractivity contribution in [1.82, 2.24) is 9.88 Å². The Morgan fingerprint density at radius 2 is 2.17 bits per heavy atom. The van der Waals surface area contributed by atoms with Crippen molar-refractivity contribution in [3.63, 3.8) is 0 Å². The largest absolute Gasteiger partial charge is 0.459 e. The molecular formula is C13H15ClN2O2. The number of carbonyl (C=O) groups excluding carboxylic acids is 1. The van der Waals surface area contributed by atoms with Crippen LogP contribution in [0, 0.1) is 0 Å². The Labute approximate surface area is 112 Å². The molecule has 0 aromatic carbocycles. The summed E-state index contributed by atoms with van der Waals surface area (Å²) in [7, 11) is 1.76. The molecule has 18 heavy (non-hydrogen) atoms. The summed E-state index contributed by atoms with van der Waals surface area (Å²) in [6, 6.07) is 9.14. The van der Waals surface area contributed by atoms with Gasteiger partial charge in [0.05, 0.1) is 6.26 Å². The number of rotatable bonds is 4. The van der Waals surface area contributed by atoms with Gasteiger partial charge in [-0.05, 0) is 24.3 Å². The van der Waals surface area contributed by atoms with E-state index in [9.17, 15) is 4.79 Å². The van der Waals surface area contributed by atoms with Gasteiger partial charge in [-0.25, -0.2) is 0 Å². The Hall–Kier alpha value is -1.81. The van der Waals surface area contributed by atoms with Crippen LogP contribution in [0.25, 0.3) is 0 Å². The van der Waals surface area contributed by atoms with Gasteiger partial charge in [0.25, 0.3) is 5.91 Å². The summed E-state index contributed by atoms with van der Waals surface area (Å²) in [5, 5.41) is 0. The molecule has 2 aromatic heterocycles. The molecule has 96 valence electrons. The molecule has 0 aliphatic heterocycles. The molecule has 5 heteroatoms. The van der Waals surface area contributed by atoms with Gasteiger partial charge >= 0.3 is 0 Å². The van der Waals surface area contributed by atoms with Crippen molar-refractivity contribution in [1.29, 1.82) is 0 Å². The number of aromatic nitrogens is 1. The van der Waals surface area contributed by atoms with E-state index in [1.807, 2.05) is 18.2 Å². The average molecular weight is 267 g/mol. The van der Waals surface area contributed by atoms with Crippen LogP contribution in [0.2, 0.25) is 0 Å². The second-order valence-corrected chi connectivity index (χ2v) is 3.78. The molecule has 0 unspecified atom stereocenters. The summed E-state index contributed by atoms with van der Waals surface area (Å²) in [5.74, 6) is 0.263. The number of hydrogen-bond acceptors (Lipinski definition) is 3. The highest BCUT2D eigenvalue weighted by molar-refractivity contribution is 5.91. The third-order valence-electron chi connectivity index (χ3n) is 2.51. The van der Waals surface area contributed by atoms with Crippen LogP contribution in [0.5, 0.6) is 0 Å². The van der Waals surface area contributed by atoms with Crippen molar-refractivity contribution < 1.29 is 9.21 Å². The van der Waals surface area contributed by atoms with Gasteiger partial charge in [0, 0.05) is 31.9 Å². The molecule has 1 amide bonds. The standard InChI is InChI=1S/C13H14N2O2.ClH/c1-15(13(16)12-6-4-10-17-12)9-7-11-5-2-3-8-14-11;/h2-6,8,10H,7,9H2,1H3;1H. The smallest absolute Gasteiger partial charge is 0.289 e. The topological polar surface area (TPSA) is 46.3 Å². The summed E-state index contributed by atoms with van der Waals surface area (Å²) < 4.78 is 5.06. The summed E-state index contributed by atoms with van der Waals surface area (Å²) in [6.07, 6.45) is 3.99. The SMILES string of the molecule is CN(CCc1ccccn1)C(=O)c1ccco1.Cl. The Kier molecular flexibility index (Phi) is 5.39. The molecule has 2 aromatic rings. The number of carbonyl (C=O) groups is 1. The zero-order chi connectivity index (χ0) is 12.1. The first-order valence-corrected chi connectivity index (χ1v) is 5.46. The molecule has 0 spiro atoms. The van der Waals surface area contributed by atoms with Crippen LogP contribution in [-0.2, 0) is 6.42 Å². The van der Waals surface area contributed by atoms with Crippen LogP contribution in [0.1, 0.15) is 16.2 Å². The van der Waals surface area contributed by atoms with Crippen molar-refractivity contribution in [2.45, 2.75) is 6.42 Å². The van der Waals surface area contributed by atoms with E-state index in [1.165, 1.54) is 6.26 Å². The number of likely N-dealkylation sites (N-methyl/N-ethyl adjacent to an activating group) is 1. The summed E-state index contributed by atoms with van der Waals surface area (Å²) in [6.45, 7) is 0.622. The minimum absolute atomic E-state index is 0. The minimum atomic E-state index is -0.106. The lowest BCUT2D eigenvalue weighted by atomic mass is 10.2. The van der Waals surface area contributed by atoms with Gasteiger partial charge in [-0.2, -0.15) is 0 Å². The maximum Gasteiger partial charge on any atom is 0.289 e. The first-order chi connectivity index (χ1) is 8.27. The fourth-order valence-electron chi connectivity index (χ4n) is 1.52. The van der Waals surface area contributed by atoms with Crippen LogP contribution in [0.4, 0.5) is 0 Å². The fourth-order valence-corrected chi connectivity index (χ4v) is 1.52. The van der Waals surface area contributed by atoms with Crippen molar-refractivity contribution in [3.8, 4) is 0 Å². The predicted octanol–water partition coefficient (Wildman–Crippen LogP) is 2.41. The van der Waals surface area contributed by atoms with Crippen LogP contribution in [0.3, 0.4) is 0 Å². The summed E-state index contributed by atoms with van der Waals surface area (Å²) in [4.78, 5) is 17.7. The predicted molar refractivity (Wildman–Crippen MR) is 70.9 cm³/mol. The molecular weight excluding hydrogens is 252 g/mol. The number of halogens is 1. The third kappa shape index (κ3) is 3.60. The normalized spacial score (nSPS) is 9.61. The maximum atomic E-state index is 11.8. The first kappa shape index (κ1) is 14.3. The number of amides is 1.